The van der Waals surface area contributed by atoms with Crippen molar-refractivity contribution in [2.24, 2.45) is 23.7 Å². The van der Waals surface area contributed by atoms with E-state index in [1.54, 1.807) is 0 Å². The first-order valence-corrected chi connectivity index (χ1v) is 30.6. The van der Waals surface area contributed by atoms with Crippen LogP contribution in [0.2, 0.25) is 0 Å². The van der Waals surface area contributed by atoms with Gasteiger partial charge in [-0.05, 0) is 122 Å². The van der Waals surface area contributed by atoms with Crippen LogP contribution in [0.15, 0.2) is 73.3 Å². The molecule has 2 aliphatic carbocycles. The highest BCUT2D eigenvalue weighted by molar-refractivity contribution is 5.56. The molecule has 2 aliphatic rings. The SMILES string of the molecule is CCCCCCCCCC1CCC(CCc2cnc(-c3ccc(OCCCCCCC)cc3)nc2)CC1.CCCCCCCOc1ccc(-c2ncc(CCC3CCC(CCCCCCC)CC3)cn2)cc1. The second-order valence-corrected chi connectivity index (χ2v) is 22.4. The third-order valence-electron chi connectivity index (χ3n) is 16.2. The predicted molar refractivity (Wildman–Crippen MR) is 307 cm³/mol. The molecule has 0 atom stereocenters. The maximum absolute atomic E-state index is 5.89. The Labute approximate surface area is 441 Å². The van der Waals surface area contributed by atoms with Crippen LogP contribution in [0.5, 0.6) is 11.5 Å². The van der Waals surface area contributed by atoms with Crippen molar-refractivity contribution in [3.63, 3.8) is 0 Å². The number of benzene rings is 2. The van der Waals surface area contributed by atoms with Crippen molar-refractivity contribution >= 4 is 0 Å². The molecule has 0 radical (unpaired) electrons. The summed E-state index contributed by atoms with van der Waals surface area (Å²) in [6.45, 7) is 10.7. The Hall–Kier alpha value is -3.80. The zero-order valence-electron chi connectivity index (χ0n) is 46.7. The molecule has 6 heteroatoms. The molecule has 6 rings (SSSR count). The molecule has 0 N–H and O–H groups in total. The Morgan fingerprint density at radius 1 is 0.333 bits per heavy atom. The molecular formula is C66H104N4O2. The highest BCUT2D eigenvalue weighted by Crippen LogP contribution is 2.36. The zero-order chi connectivity index (χ0) is 50.5. The zero-order valence-corrected chi connectivity index (χ0v) is 46.7. The summed E-state index contributed by atoms with van der Waals surface area (Å²) in [6.07, 6.45) is 57.1. The third-order valence-corrected chi connectivity index (χ3v) is 16.2. The minimum absolute atomic E-state index is 0.801. The number of ether oxygens (including phenoxy) is 2. The van der Waals surface area contributed by atoms with Gasteiger partial charge >= 0.3 is 0 Å². The van der Waals surface area contributed by atoms with Gasteiger partial charge in [-0.1, -0.05) is 220 Å². The van der Waals surface area contributed by atoms with Crippen LogP contribution in [0.1, 0.15) is 257 Å². The topological polar surface area (TPSA) is 70.0 Å². The van der Waals surface area contributed by atoms with Gasteiger partial charge in [0.2, 0.25) is 0 Å². The largest absolute Gasteiger partial charge is 0.494 e. The summed E-state index contributed by atoms with van der Waals surface area (Å²) in [5.74, 6) is 7.27. The maximum atomic E-state index is 5.89. The lowest BCUT2D eigenvalue weighted by Gasteiger charge is -2.28. The summed E-state index contributed by atoms with van der Waals surface area (Å²) in [7, 11) is 0. The van der Waals surface area contributed by atoms with Crippen LogP contribution in [0, 0.1) is 23.7 Å². The Balaban J connectivity index is 0.000000268. The quantitative estimate of drug-likeness (QED) is 0.0423. The molecule has 2 aromatic heterocycles. The molecule has 0 amide bonds. The van der Waals surface area contributed by atoms with E-state index in [4.69, 9.17) is 9.47 Å². The molecule has 0 unspecified atom stereocenters. The van der Waals surface area contributed by atoms with E-state index in [9.17, 15) is 0 Å². The normalized spacial score (nSPS) is 17.8. The molecule has 2 heterocycles. The van der Waals surface area contributed by atoms with Gasteiger partial charge in [-0.2, -0.15) is 0 Å². The highest BCUT2D eigenvalue weighted by atomic mass is 16.5. The fourth-order valence-electron chi connectivity index (χ4n) is 11.2. The van der Waals surface area contributed by atoms with Crippen molar-refractivity contribution in [2.45, 2.75) is 259 Å². The van der Waals surface area contributed by atoms with E-state index in [0.717, 1.165) is 96.8 Å². The second-order valence-electron chi connectivity index (χ2n) is 22.4. The van der Waals surface area contributed by atoms with Crippen LogP contribution in [-0.4, -0.2) is 33.1 Å². The summed E-state index contributed by atoms with van der Waals surface area (Å²) in [4.78, 5) is 18.7. The second kappa shape index (κ2) is 37.9. The van der Waals surface area contributed by atoms with Crippen molar-refractivity contribution in [3.8, 4) is 34.3 Å². The van der Waals surface area contributed by atoms with E-state index < -0.39 is 0 Å². The molecule has 4 aromatic rings. The Morgan fingerprint density at radius 2 is 0.611 bits per heavy atom. The maximum Gasteiger partial charge on any atom is 0.159 e. The minimum atomic E-state index is 0.801. The van der Waals surface area contributed by atoms with E-state index in [1.165, 1.54) is 217 Å². The number of aromatic nitrogens is 4. The number of hydrogen-bond acceptors (Lipinski definition) is 6. The van der Waals surface area contributed by atoms with Crippen molar-refractivity contribution < 1.29 is 9.47 Å². The van der Waals surface area contributed by atoms with E-state index in [0.29, 0.717) is 0 Å². The first-order chi connectivity index (χ1) is 35.6. The molecule has 0 spiro atoms. The summed E-state index contributed by atoms with van der Waals surface area (Å²) in [6, 6.07) is 16.5. The van der Waals surface area contributed by atoms with E-state index in [-0.39, 0.29) is 0 Å². The molecule has 72 heavy (non-hydrogen) atoms. The molecule has 2 saturated carbocycles. The van der Waals surface area contributed by atoms with Crippen molar-refractivity contribution in [2.75, 3.05) is 13.2 Å². The number of hydrogen-bond donors (Lipinski definition) is 0. The molecular weight excluding hydrogens is 881 g/mol. The van der Waals surface area contributed by atoms with Crippen molar-refractivity contribution in [1.82, 2.24) is 19.9 Å². The van der Waals surface area contributed by atoms with Gasteiger partial charge in [-0.15, -0.1) is 0 Å². The van der Waals surface area contributed by atoms with Crippen LogP contribution in [-0.2, 0) is 12.8 Å². The minimum Gasteiger partial charge on any atom is -0.494 e. The highest BCUT2D eigenvalue weighted by Gasteiger charge is 2.22. The lowest BCUT2D eigenvalue weighted by atomic mass is 9.78. The lowest BCUT2D eigenvalue weighted by Crippen LogP contribution is -2.15. The smallest absolute Gasteiger partial charge is 0.159 e. The van der Waals surface area contributed by atoms with Crippen LogP contribution in [0.25, 0.3) is 22.8 Å². The Bertz CT molecular complexity index is 1860. The van der Waals surface area contributed by atoms with Gasteiger partial charge in [-0.3, -0.25) is 0 Å². The average Bonchev–Trinajstić information content (AvgIpc) is 3.43. The Morgan fingerprint density at radius 3 is 0.931 bits per heavy atom. The molecule has 6 nitrogen and oxygen atoms in total. The number of unbranched alkanes of at least 4 members (excludes halogenated alkanes) is 18. The first-order valence-electron chi connectivity index (χ1n) is 30.6. The third kappa shape index (κ3) is 25.0. The van der Waals surface area contributed by atoms with Crippen LogP contribution in [0.4, 0.5) is 0 Å². The summed E-state index contributed by atoms with van der Waals surface area (Å²) in [5, 5.41) is 0. The van der Waals surface area contributed by atoms with Crippen LogP contribution >= 0.6 is 0 Å². The number of nitrogens with zero attached hydrogens (tertiary/aromatic N) is 4. The van der Waals surface area contributed by atoms with Crippen LogP contribution in [0.3, 0.4) is 0 Å². The molecule has 0 aliphatic heterocycles. The molecule has 400 valence electrons. The monoisotopic (exact) mass is 985 g/mol. The molecule has 0 bridgehead atoms. The van der Waals surface area contributed by atoms with Crippen LogP contribution < -0.4 is 9.47 Å². The molecule has 2 fully saturated rings. The fraction of sp³-hybridized carbons (Fsp3) is 0.697. The number of rotatable bonds is 36. The van der Waals surface area contributed by atoms with Gasteiger partial charge < -0.3 is 9.47 Å². The lowest BCUT2D eigenvalue weighted by molar-refractivity contribution is 0.248. The van der Waals surface area contributed by atoms with Gasteiger partial charge in [0.05, 0.1) is 13.2 Å². The fourth-order valence-corrected chi connectivity index (χ4v) is 11.2. The summed E-state index contributed by atoms with van der Waals surface area (Å²) in [5.41, 5.74) is 4.66. The summed E-state index contributed by atoms with van der Waals surface area (Å²) >= 11 is 0. The first kappa shape index (κ1) is 59.1. The van der Waals surface area contributed by atoms with Gasteiger partial charge in [0.15, 0.2) is 11.6 Å². The van der Waals surface area contributed by atoms with Gasteiger partial charge in [0, 0.05) is 35.9 Å². The van der Waals surface area contributed by atoms with E-state index in [1.807, 2.05) is 49.1 Å². The van der Waals surface area contributed by atoms with Crippen molar-refractivity contribution in [1.29, 1.82) is 0 Å². The average molecular weight is 986 g/mol. The standard InChI is InChI=1S/C34H54N2O.C32H50N2O/c1-3-5-7-9-10-11-13-15-29-16-18-30(19-17-29)20-21-31-27-35-34(36-28-31)32-22-24-33(25-23-32)37-26-14-12-8-6-4-2;1-3-5-7-9-11-13-27-14-16-28(17-15-27)18-19-29-25-33-32(34-26-29)30-20-22-31(23-21-30)35-24-12-10-8-6-4-2/h22-25,27-30H,3-21,26H2,1-2H3;20-23,25-28H,3-19,24H2,1-2H3. The van der Waals surface area contributed by atoms with Crippen molar-refractivity contribution in [3.05, 3.63) is 84.4 Å². The van der Waals surface area contributed by atoms with Gasteiger partial charge in [0.1, 0.15) is 11.5 Å². The van der Waals surface area contributed by atoms with E-state index in [2.05, 4.69) is 71.9 Å². The van der Waals surface area contributed by atoms with Gasteiger partial charge in [0.25, 0.3) is 0 Å². The Kier molecular flexibility index (Phi) is 31.1. The summed E-state index contributed by atoms with van der Waals surface area (Å²) < 4.78 is 11.8. The van der Waals surface area contributed by atoms with E-state index >= 15 is 0 Å². The molecule has 0 saturated heterocycles. The number of aryl methyl sites for hydroxylation is 2. The molecule has 2 aromatic carbocycles. The predicted octanol–water partition coefficient (Wildman–Crippen LogP) is 20.0. The van der Waals surface area contributed by atoms with Gasteiger partial charge in [-0.25, -0.2) is 19.9 Å².